The molecule has 0 aliphatic heterocycles. The number of benzene rings is 1. The average Bonchev–Trinajstić information content (AvgIpc) is 2.91. The zero-order valence-corrected chi connectivity index (χ0v) is 13.2. The first-order chi connectivity index (χ1) is 9.90. The van der Waals surface area contributed by atoms with Gasteiger partial charge in [0.15, 0.2) is 0 Å². The van der Waals surface area contributed by atoms with Crippen molar-refractivity contribution in [3.63, 3.8) is 0 Å². The van der Waals surface area contributed by atoms with Crippen LogP contribution in [0.3, 0.4) is 0 Å². The minimum atomic E-state index is -0.880. The van der Waals surface area contributed by atoms with Crippen molar-refractivity contribution < 1.29 is 5.11 Å². The van der Waals surface area contributed by atoms with Crippen molar-refractivity contribution >= 4 is 0 Å². The van der Waals surface area contributed by atoms with E-state index in [0.717, 1.165) is 11.1 Å². The number of aromatic nitrogens is 2. The van der Waals surface area contributed by atoms with E-state index >= 15 is 0 Å². The van der Waals surface area contributed by atoms with Gasteiger partial charge >= 0.3 is 0 Å². The summed E-state index contributed by atoms with van der Waals surface area (Å²) in [6, 6.07) is 10.2. The summed E-state index contributed by atoms with van der Waals surface area (Å²) >= 11 is 0. The highest BCUT2D eigenvalue weighted by Crippen LogP contribution is 2.20. The Kier molecular flexibility index (Phi) is 4.80. The highest BCUT2D eigenvalue weighted by atomic mass is 16.3. The Morgan fingerprint density at radius 3 is 2.52 bits per heavy atom. The second-order valence-corrected chi connectivity index (χ2v) is 6.05. The molecule has 0 bridgehead atoms. The lowest BCUT2D eigenvalue weighted by atomic mass is 9.95. The van der Waals surface area contributed by atoms with Crippen LogP contribution in [0.1, 0.15) is 37.9 Å². The van der Waals surface area contributed by atoms with Crippen LogP contribution in [0, 0.1) is 6.92 Å². The summed E-state index contributed by atoms with van der Waals surface area (Å²) in [5, 5.41) is 18.4. The van der Waals surface area contributed by atoms with Gasteiger partial charge in [-0.3, -0.25) is 4.68 Å². The average molecular weight is 287 g/mol. The van der Waals surface area contributed by atoms with Crippen LogP contribution in [0.15, 0.2) is 42.7 Å². The molecule has 0 saturated carbocycles. The van der Waals surface area contributed by atoms with Crippen molar-refractivity contribution in [3.8, 4) is 0 Å². The first-order valence-electron chi connectivity index (χ1n) is 7.42. The molecule has 0 aliphatic carbocycles. The Morgan fingerprint density at radius 1 is 1.29 bits per heavy atom. The largest absolute Gasteiger partial charge is 0.384 e. The fourth-order valence-corrected chi connectivity index (χ4v) is 2.31. The lowest BCUT2D eigenvalue weighted by Gasteiger charge is -2.29. The van der Waals surface area contributed by atoms with Gasteiger partial charge in [-0.2, -0.15) is 5.10 Å². The van der Waals surface area contributed by atoms with Crippen LogP contribution in [0.5, 0.6) is 0 Å². The molecule has 21 heavy (non-hydrogen) atoms. The van der Waals surface area contributed by atoms with E-state index in [9.17, 15) is 5.11 Å². The lowest BCUT2D eigenvalue weighted by molar-refractivity contribution is 0.0524. The quantitative estimate of drug-likeness (QED) is 0.858. The van der Waals surface area contributed by atoms with E-state index in [2.05, 4.69) is 24.3 Å². The third-order valence-electron chi connectivity index (χ3n) is 4.04. The van der Waals surface area contributed by atoms with Gasteiger partial charge < -0.3 is 10.4 Å². The van der Waals surface area contributed by atoms with Crippen LogP contribution in [-0.2, 0) is 5.60 Å². The molecule has 4 nitrogen and oxygen atoms in total. The molecule has 0 unspecified atom stereocenters. The normalized spacial score (nSPS) is 17.2. The van der Waals surface area contributed by atoms with Gasteiger partial charge in [0, 0.05) is 18.8 Å². The predicted octanol–water partition coefficient (Wildman–Crippen LogP) is 2.64. The standard InChI is InChI=1S/C17H25N3O/c1-13-10-19-20(11-13)15(3)14(2)18-12-17(4,21)16-8-6-5-7-9-16/h5-11,14-15,18,21H,12H2,1-4H3/t14-,15+,17+/m0/s1. The molecule has 2 rings (SSSR count). The Bertz CT molecular complexity index is 562. The minimum Gasteiger partial charge on any atom is -0.384 e. The summed E-state index contributed by atoms with van der Waals surface area (Å²) in [5.74, 6) is 0. The smallest absolute Gasteiger partial charge is 0.0992 e. The number of hydrogen-bond acceptors (Lipinski definition) is 3. The molecule has 0 radical (unpaired) electrons. The van der Waals surface area contributed by atoms with Crippen molar-refractivity contribution in [2.45, 2.75) is 45.4 Å². The van der Waals surface area contributed by atoms with E-state index in [1.54, 1.807) is 0 Å². The highest BCUT2D eigenvalue weighted by Gasteiger charge is 2.24. The Labute approximate surface area is 126 Å². The summed E-state index contributed by atoms with van der Waals surface area (Å²) in [5.41, 5.74) is 1.20. The molecule has 1 heterocycles. The molecular formula is C17H25N3O. The summed E-state index contributed by atoms with van der Waals surface area (Å²) in [4.78, 5) is 0. The first-order valence-corrected chi connectivity index (χ1v) is 7.42. The van der Waals surface area contributed by atoms with Crippen molar-refractivity contribution in [2.75, 3.05) is 6.54 Å². The predicted molar refractivity (Wildman–Crippen MR) is 85.2 cm³/mol. The van der Waals surface area contributed by atoms with Crippen LogP contribution >= 0.6 is 0 Å². The van der Waals surface area contributed by atoms with Gasteiger partial charge in [0.1, 0.15) is 0 Å². The minimum absolute atomic E-state index is 0.208. The van der Waals surface area contributed by atoms with E-state index in [4.69, 9.17) is 0 Å². The van der Waals surface area contributed by atoms with Crippen LogP contribution in [-0.4, -0.2) is 27.5 Å². The maximum atomic E-state index is 10.6. The van der Waals surface area contributed by atoms with Gasteiger partial charge in [0.2, 0.25) is 0 Å². The molecule has 0 fully saturated rings. The van der Waals surface area contributed by atoms with Gasteiger partial charge in [0.25, 0.3) is 0 Å². The van der Waals surface area contributed by atoms with Crippen molar-refractivity contribution in [1.82, 2.24) is 15.1 Å². The summed E-state index contributed by atoms with van der Waals surface area (Å²) in [6.07, 6.45) is 3.90. The third kappa shape index (κ3) is 3.93. The van der Waals surface area contributed by atoms with E-state index in [1.165, 1.54) is 0 Å². The van der Waals surface area contributed by atoms with Gasteiger partial charge in [-0.1, -0.05) is 30.3 Å². The first kappa shape index (κ1) is 15.7. The summed E-state index contributed by atoms with van der Waals surface area (Å²) in [6.45, 7) is 8.62. The molecule has 1 aromatic heterocycles. The maximum Gasteiger partial charge on any atom is 0.0992 e. The van der Waals surface area contributed by atoms with Crippen LogP contribution in [0.25, 0.3) is 0 Å². The van der Waals surface area contributed by atoms with Crippen molar-refractivity contribution in [3.05, 3.63) is 53.9 Å². The van der Waals surface area contributed by atoms with Crippen molar-refractivity contribution in [2.24, 2.45) is 0 Å². The molecule has 4 heteroatoms. The van der Waals surface area contributed by atoms with Crippen LogP contribution in [0.4, 0.5) is 0 Å². The fourth-order valence-electron chi connectivity index (χ4n) is 2.31. The molecular weight excluding hydrogens is 262 g/mol. The summed E-state index contributed by atoms with van der Waals surface area (Å²) in [7, 11) is 0. The summed E-state index contributed by atoms with van der Waals surface area (Å²) < 4.78 is 1.96. The van der Waals surface area contributed by atoms with E-state index < -0.39 is 5.60 Å². The fraction of sp³-hybridized carbons (Fsp3) is 0.471. The number of aliphatic hydroxyl groups is 1. The van der Waals surface area contributed by atoms with E-state index in [0.29, 0.717) is 6.54 Å². The third-order valence-corrected chi connectivity index (χ3v) is 4.04. The molecule has 0 saturated heterocycles. The number of rotatable bonds is 6. The monoisotopic (exact) mass is 287 g/mol. The molecule has 2 aromatic rings. The van der Waals surface area contributed by atoms with Gasteiger partial charge in [-0.25, -0.2) is 0 Å². The van der Waals surface area contributed by atoms with E-state index in [-0.39, 0.29) is 12.1 Å². The Hall–Kier alpha value is -1.65. The van der Waals surface area contributed by atoms with E-state index in [1.807, 2.05) is 61.3 Å². The maximum absolute atomic E-state index is 10.6. The Balaban J connectivity index is 1.96. The molecule has 0 amide bonds. The molecule has 2 N–H and O–H groups in total. The Morgan fingerprint density at radius 2 is 1.95 bits per heavy atom. The second-order valence-electron chi connectivity index (χ2n) is 6.05. The number of aryl methyl sites for hydroxylation is 1. The second kappa shape index (κ2) is 6.41. The van der Waals surface area contributed by atoms with Gasteiger partial charge in [-0.05, 0) is 38.8 Å². The molecule has 0 aliphatic rings. The van der Waals surface area contributed by atoms with Crippen LogP contribution in [0.2, 0.25) is 0 Å². The molecule has 3 atom stereocenters. The number of hydrogen-bond donors (Lipinski definition) is 2. The van der Waals surface area contributed by atoms with Crippen molar-refractivity contribution in [1.29, 1.82) is 0 Å². The zero-order chi connectivity index (χ0) is 15.5. The van der Waals surface area contributed by atoms with Gasteiger partial charge in [0.05, 0.1) is 17.8 Å². The highest BCUT2D eigenvalue weighted by molar-refractivity contribution is 5.21. The van der Waals surface area contributed by atoms with Gasteiger partial charge in [-0.15, -0.1) is 0 Å². The number of nitrogens with one attached hydrogen (secondary N) is 1. The zero-order valence-electron chi connectivity index (χ0n) is 13.2. The molecule has 0 spiro atoms. The SMILES string of the molecule is Cc1cnn([C@H](C)[C@H](C)NC[C@@](C)(O)c2ccccc2)c1. The number of nitrogens with zero attached hydrogens (tertiary/aromatic N) is 2. The molecule has 114 valence electrons. The topological polar surface area (TPSA) is 50.1 Å². The van der Waals surface area contributed by atoms with Crippen LogP contribution < -0.4 is 5.32 Å². The molecule has 1 aromatic carbocycles. The lowest BCUT2D eigenvalue weighted by Crippen LogP contribution is -2.42.